The highest BCUT2D eigenvalue weighted by atomic mass is 19.4. The Hall–Kier alpha value is -3.96. The van der Waals surface area contributed by atoms with Crippen molar-refractivity contribution in [3.05, 3.63) is 77.7 Å². The number of nitrogens with zero attached hydrogens (tertiary/aromatic N) is 3. The van der Waals surface area contributed by atoms with Gasteiger partial charge in [0, 0.05) is 55.7 Å². The number of nitrogens with one attached hydrogen (secondary N) is 1. The van der Waals surface area contributed by atoms with Gasteiger partial charge in [0.05, 0.1) is 5.56 Å². The van der Waals surface area contributed by atoms with Crippen molar-refractivity contribution >= 4 is 23.5 Å². The number of hydrogen-bond acceptors (Lipinski definition) is 6. The number of rotatable bonds is 9. The van der Waals surface area contributed by atoms with Crippen LogP contribution in [0.4, 0.5) is 29.1 Å². The first-order valence-corrected chi connectivity index (χ1v) is 12.8. The van der Waals surface area contributed by atoms with Gasteiger partial charge in [-0.3, -0.25) is 9.69 Å². The summed E-state index contributed by atoms with van der Waals surface area (Å²) in [7, 11) is 0. The van der Waals surface area contributed by atoms with Gasteiger partial charge >= 0.3 is 6.18 Å². The third-order valence-corrected chi connectivity index (χ3v) is 6.80. The molecule has 1 saturated heterocycles. The van der Waals surface area contributed by atoms with Crippen LogP contribution in [-0.2, 0) is 17.5 Å². The molecule has 0 atom stereocenters. The van der Waals surface area contributed by atoms with E-state index in [1.807, 2.05) is 4.90 Å². The number of halogens is 4. The van der Waals surface area contributed by atoms with Gasteiger partial charge in [-0.25, -0.2) is 9.37 Å². The molecule has 4 rings (SSSR count). The van der Waals surface area contributed by atoms with Crippen LogP contribution in [-0.4, -0.2) is 60.0 Å². The average molecular weight is 558 g/mol. The number of anilines is 2. The first-order valence-electron chi connectivity index (χ1n) is 12.8. The molecule has 0 radical (unpaired) electrons. The van der Waals surface area contributed by atoms with Gasteiger partial charge in [-0.1, -0.05) is 31.7 Å². The molecular formula is C29H31F4N5O2. The Kier molecular flexibility index (Phi) is 9.06. The number of aromatic nitrogens is 1. The highest BCUT2D eigenvalue weighted by molar-refractivity contribution is 5.92. The minimum absolute atomic E-state index is 0.0230. The predicted molar refractivity (Wildman–Crippen MR) is 147 cm³/mol. The minimum Gasteiger partial charge on any atom is -0.481 e. The number of alkyl halides is 3. The number of ether oxygens (including phenoxy) is 1. The zero-order valence-corrected chi connectivity index (χ0v) is 22.1. The summed E-state index contributed by atoms with van der Waals surface area (Å²) in [5.74, 6) is -1.32. The monoisotopic (exact) mass is 557 g/mol. The van der Waals surface area contributed by atoms with Crippen molar-refractivity contribution in [2.24, 2.45) is 0 Å². The van der Waals surface area contributed by atoms with Crippen LogP contribution in [0.5, 0.6) is 5.75 Å². The van der Waals surface area contributed by atoms with Crippen molar-refractivity contribution in [3.63, 3.8) is 0 Å². The van der Waals surface area contributed by atoms with Crippen LogP contribution < -0.4 is 15.8 Å². The van der Waals surface area contributed by atoms with Crippen molar-refractivity contribution in [2.75, 3.05) is 50.4 Å². The van der Waals surface area contributed by atoms with Crippen LogP contribution in [0.15, 0.2) is 55.2 Å². The fourth-order valence-corrected chi connectivity index (χ4v) is 4.51. The van der Waals surface area contributed by atoms with Crippen LogP contribution in [0.3, 0.4) is 0 Å². The second kappa shape index (κ2) is 12.5. The number of amides is 1. The third kappa shape index (κ3) is 7.16. The van der Waals surface area contributed by atoms with Gasteiger partial charge in [0.25, 0.3) is 5.91 Å². The van der Waals surface area contributed by atoms with Crippen molar-refractivity contribution in [3.8, 4) is 16.9 Å². The number of piperazine rings is 1. The molecule has 0 saturated carbocycles. The molecule has 3 aromatic rings. The molecule has 40 heavy (non-hydrogen) atoms. The van der Waals surface area contributed by atoms with E-state index in [-0.39, 0.29) is 23.5 Å². The predicted octanol–water partition coefficient (Wildman–Crippen LogP) is 5.29. The van der Waals surface area contributed by atoms with Crippen molar-refractivity contribution in [2.45, 2.75) is 19.6 Å². The molecule has 11 heteroatoms. The summed E-state index contributed by atoms with van der Waals surface area (Å²) in [6.45, 7) is 9.20. The molecule has 1 aliphatic heterocycles. The normalized spacial score (nSPS) is 14.6. The summed E-state index contributed by atoms with van der Waals surface area (Å²) in [5, 5.41) is 2.41. The molecule has 212 valence electrons. The zero-order valence-electron chi connectivity index (χ0n) is 22.1. The Labute approximate surface area is 230 Å². The smallest absolute Gasteiger partial charge is 0.416 e. The van der Waals surface area contributed by atoms with E-state index in [1.165, 1.54) is 36.5 Å². The number of carbonyl (C=O) groups is 1. The number of benzene rings is 2. The standard InChI is InChI=1S/C29H31F4N5O2/c1-3-19-13-22(16-35-28(19)34)20-6-8-26(25(30)14-20)40-18-27(39)36-23-7-5-21(24(15-23)29(31,32)33)17-38-11-9-37(4-2)10-12-38/h3,5-8,13-16H,1,4,9-12,17-18H2,2H3,(H2,34,35)(H,36,39). The molecular weight excluding hydrogens is 526 g/mol. The third-order valence-electron chi connectivity index (χ3n) is 6.80. The Balaban J connectivity index is 1.39. The van der Waals surface area contributed by atoms with E-state index in [1.54, 1.807) is 12.1 Å². The van der Waals surface area contributed by atoms with Crippen molar-refractivity contribution in [1.82, 2.24) is 14.8 Å². The molecule has 1 fully saturated rings. The van der Waals surface area contributed by atoms with Gasteiger partial charge in [0.1, 0.15) is 5.82 Å². The summed E-state index contributed by atoms with van der Waals surface area (Å²) >= 11 is 0. The van der Waals surface area contributed by atoms with Crippen LogP contribution in [0.1, 0.15) is 23.6 Å². The van der Waals surface area contributed by atoms with Gasteiger partial charge < -0.3 is 20.7 Å². The summed E-state index contributed by atoms with van der Waals surface area (Å²) < 4.78 is 61.5. The number of hydrogen-bond donors (Lipinski definition) is 2. The molecule has 0 spiro atoms. The Morgan fingerprint density at radius 3 is 2.48 bits per heavy atom. The lowest BCUT2D eigenvalue weighted by atomic mass is 10.0. The van der Waals surface area contributed by atoms with Crippen LogP contribution in [0, 0.1) is 5.82 Å². The van der Waals surface area contributed by atoms with E-state index in [2.05, 4.69) is 28.7 Å². The summed E-state index contributed by atoms with van der Waals surface area (Å²) in [6, 6.07) is 9.62. The molecule has 0 unspecified atom stereocenters. The lowest BCUT2D eigenvalue weighted by Gasteiger charge is -2.34. The number of carbonyl (C=O) groups excluding carboxylic acids is 1. The molecule has 3 N–H and O–H groups in total. The van der Waals surface area contributed by atoms with Gasteiger partial charge in [0.2, 0.25) is 0 Å². The van der Waals surface area contributed by atoms with Crippen LogP contribution >= 0.6 is 0 Å². The Bertz CT molecular complexity index is 1370. The van der Waals surface area contributed by atoms with E-state index < -0.39 is 30.1 Å². The molecule has 1 aliphatic rings. The van der Waals surface area contributed by atoms with Gasteiger partial charge in [-0.05, 0) is 48.0 Å². The lowest BCUT2D eigenvalue weighted by molar-refractivity contribution is -0.138. The number of likely N-dealkylation sites (N-methyl/N-ethyl adjacent to an activating group) is 1. The molecule has 1 aromatic heterocycles. The lowest BCUT2D eigenvalue weighted by Crippen LogP contribution is -2.45. The van der Waals surface area contributed by atoms with Gasteiger partial charge in [-0.15, -0.1) is 0 Å². The second-order valence-electron chi connectivity index (χ2n) is 9.46. The Morgan fingerprint density at radius 2 is 1.82 bits per heavy atom. The number of pyridine rings is 1. The zero-order chi connectivity index (χ0) is 28.9. The highest BCUT2D eigenvalue weighted by Crippen LogP contribution is 2.35. The Morgan fingerprint density at radius 1 is 1.10 bits per heavy atom. The second-order valence-corrected chi connectivity index (χ2v) is 9.46. The van der Waals surface area contributed by atoms with Crippen molar-refractivity contribution in [1.29, 1.82) is 0 Å². The molecule has 2 aromatic carbocycles. The average Bonchev–Trinajstić information content (AvgIpc) is 2.93. The van der Waals surface area contributed by atoms with Crippen molar-refractivity contribution < 1.29 is 27.1 Å². The van der Waals surface area contributed by atoms with E-state index in [4.69, 9.17) is 10.5 Å². The fourth-order valence-electron chi connectivity index (χ4n) is 4.51. The SMILES string of the molecule is C=Cc1cc(-c2ccc(OCC(=O)Nc3ccc(CN4CCN(CC)CC4)c(C(F)(F)F)c3)c(F)c2)cnc1N. The number of nitrogens with two attached hydrogens (primary N) is 1. The highest BCUT2D eigenvalue weighted by Gasteiger charge is 2.34. The maximum atomic E-state index is 14.7. The maximum Gasteiger partial charge on any atom is 0.416 e. The molecule has 2 heterocycles. The van der Waals surface area contributed by atoms with Gasteiger partial charge in [-0.2, -0.15) is 13.2 Å². The summed E-state index contributed by atoms with van der Waals surface area (Å²) in [4.78, 5) is 20.7. The largest absolute Gasteiger partial charge is 0.481 e. The maximum absolute atomic E-state index is 14.7. The van der Waals surface area contributed by atoms with E-state index in [0.29, 0.717) is 35.6 Å². The van der Waals surface area contributed by atoms with Gasteiger partial charge in [0.15, 0.2) is 18.2 Å². The van der Waals surface area contributed by atoms with E-state index in [9.17, 15) is 22.4 Å². The molecule has 0 bridgehead atoms. The minimum atomic E-state index is -4.59. The van der Waals surface area contributed by atoms with E-state index >= 15 is 0 Å². The fraction of sp³-hybridized carbons (Fsp3) is 0.310. The molecule has 7 nitrogen and oxygen atoms in total. The first kappa shape index (κ1) is 29.0. The van der Waals surface area contributed by atoms with E-state index in [0.717, 1.165) is 25.7 Å². The summed E-state index contributed by atoms with van der Waals surface area (Å²) in [5.41, 5.74) is 6.81. The summed E-state index contributed by atoms with van der Waals surface area (Å²) in [6.07, 6.45) is -1.55. The topological polar surface area (TPSA) is 83.7 Å². The van der Waals surface area contributed by atoms with Crippen LogP contribution in [0.2, 0.25) is 0 Å². The molecule has 1 amide bonds. The quantitative estimate of drug-likeness (QED) is 0.348. The van der Waals surface area contributed by atoms with Crippen LogP contribution in [0.25, 0.3) is 17.2 Å². The first-order chi connectivity index (χ1) is 19.1. The molecule has 0 aliphatic carbocycles. The number of nitrogen functional groups attached to an aromatic ring is 1.